The number of Topliss-reactive ketones (excluding diaryl/α,β-unsaturated/α-hetero) is 4. The number of carbonyl (C=O) groups is 4. The maximum Gasteiger partial charge on any atom is 0.239 e. The van der Waals surface area contributed by atoms with Crippen LogP contribution in [-0.2, 0) is 19.2 Å². The first-order chi connectivity index (χ1) is 16.2. The summed E-state index contributed by atoms with van der Waals surface area (Å²) >= 11 is 0. The molecule has 10 fully saturated rings. The van der Waals surface area contributed by atoms with Crippen LogP contribution in [0.2, 0.25) is 0 Å². The zero-order valence-electron chi connectivity index (χ0n) is 18.1. The molecule has 0 amide bonds. The van der Waals surface area contributed by atoms with E-state index in [4.69, 9.17) is 0 Å². The minimum atomic E-state index is -1.02. The van der Waals surface area contributed by atoms with E-state index in [1.807, 2.05) is 0 Å². The number of rotatable bonds is 2. The molecule has 10 aliphatic carbocycles. The molecular formula is C24H22N2O8. The van der Waals surface area contributed by atoms with Gasteiger partial charge in [-0.25, -0.2) is 0 Å². The van der Waals surface area contributed by atoms with Gasteiger partial charge in [0.1, 0.15) is 23.1 Å². The lowest BCUT2D eigenvalue weighted by Crippen LogP contribution is -2.64. The summed E-state index contributed by atoms with van der Waals surface area (Å²) in [6.07, 6.45) is 2.19. The second-order valence-corrected chi connectivity index (χ2v) is 12.8. The summed E-state index contributed by atoms with van der Waals surface area (Å²) in [5, 5.41) is 23.0. The fourth-order valence-electron chi connectivity index (χ4n) is 12.8. The minimum Gasteiger partial charge on any atom is -0.299 e. The molecule has 0 aliphatic heterocycles. The number of nitro groups is 2. The maximum atomic E-state index is 12.2. The highest BCUT2D eigenvalue weighted by Crippen LogP contribution is 2.81. The zero-order chi connectivity index (χ0) is 23.4. The highest BCUT2D eigenvalue weighted by molar-refractivity contribution is 5.99. The molecule has 10 saturated carbocycles. The van der Waals surface area contributed by atoms with E-state index in [9.17, 15) is 39.4 Å². The Hall–Kier alpha value is -2.52. The highest BCUT2D eigenvalue weighted by atomic mass is 16.6. The molecule has 0 aromatic carbocycles. The Balaban J connectivity index is 0.000000104. The summed E-state index contributed by atoms with van der Waals surface area (Å²) in [6, 6.07) is 0. The van der Waals surface area contributed by atoms with Crippen molar-refractivity contribution >= 4 is 23.1 Å². The third kappa shape index (κ3) is 1.34. The van der Waals surface area contributed by atoms with Crippen LogP contribution in [0.5, 0.6) is 0 Å². The predicted octanol–water partition coefficient (Wildman–Crippen LogP) is 0.603. The molecule has 0 bridgehead atoms. The van der Waals surface area contributed by atoms with Crippen LogP contribution >= 0.6 is 0 Å². The number of nitrogens with zero attached hydrogens (tertiary/aromatic N) is 2. The van der Waals surface area contributed by atoms with Gasteiger partial charge in [-0.3, -0.25) is 39.4 Å². The molecule has 10 heteroatoms. The smallest absolute Gasteiger partial charge is 0.239 e. The van der Waals surface area contributed by atoms with Crippen molar-refractivity contribution in [3.63, 3.8) is 0 Å². The Labute approximate surface area is 192 Å². The van der Waals surface area contributed by atoms with Gasteiger partial charge in [-0.2, -0.15) is 0 Å². The normalized spacial score (nSPS) is 64.4. The van der Waals surface area contributed by atoms with E-state index in [1.165, 1.54) is 0 Å². The largest absolute Gasteiger partial charge is 0.299 e. The maximum absolute atomic E-state index is 12.2. The third-order valence-electron chi connectivity index (χ3n) is 13.1. The van der Waals surface area contributed by atoms with E-state index in [0.29, 0.717) is 25.7 Å². The van der Waals surface area contributed by atoms with Gasteiger partial charge in [-0.15, -0.1) is 0 Å². The summed E-state index contributed by atoms with van der Waals surface area (Å²) in [6.45, 7) is 0. The third-order valence-corrected chi connectivity index (χ3v) is 13.1. The van der Waals surface area contributed by atoms with Crippen molar-refractivity contribution in [3.8, 4) is 0 Å². The Morgan fingerprint density at radius 1 is 0.529 bits per heavy atom. The number of hydrogen-bond acceptors (Lipinski definition) is 8. The molecular weight excluding hydrogens is 444 g/mol. The SMILES string of the molecule is O=C1[C@H]2C[C@H]3C(=O)[C@H]4C[C@@H]1[C@H]1[C@@H]2[C@@H]3[C@]14[N+](=O)[O-].O=C1[C@H]2C[C@H]3C(=O)[C@H]4C[C@@H]1[C@H]1[C@@H]2[C@@H]3[C@]14[N+](=O)[O-]. The topological polar surface area (TPSA) is 155 Å². The van der Waals surface area contributed by atoms with E-state index < -0.39 is 22.9 Å². The van der Waals surface area contributed by atoms with Gasteiger partial charge in [0.25, 0.3) is 0 Å². The van der Waals surface area contributed by atoms with Crippen LogP contribution in [0.4, 0.5) is 0 Å². The Morgan fingerprint density at radius 2 is 0.853 bits per heavy atom. The van der Waals surface area contributed by atoms with Gasteiger partial charge in [0.15, 0.2) is 0 Å². The fraction of sp³-hybridized carbons (Fsp3) is 0.833. The Kier molecular flexibility index (Phi) is 2.71. The monoisotopic (exact) mass is 466 g/mol. The molecule has 10 aliphatic rings. The average Bonchev–Trinajstić information content (AvgIpc) is 3.53. The number of hydrogen-bond donors (Lipinski definition) is 0. The Bertz CT molecular complexity index is 1130. The predicted molar refractivity (Wildman–Crippen MR) is 107 cm³/mol. The van der Waals surface area contributed by atoms with Crippen LogP contribution < -0.4 is 0 Å². The van der Waals surface area contributed by atoms with E-state index >= 15 is 0 Å². The van der Waals surface area contributed by atoms with Crippen molar-refractivity contribution in [2.75, 3.05) is 0 Å². The quantitative estimate of drug-likeness (QED) is 0.423. The van der Waals surface area contributed by atoms with Crippen LogP contribution in [-0.4, -0.2) is 44.1 Å². The minimum absolute atomic E-state index is 0.0155. The standard InChI is InChI=1S/2C12H11NO4/c2*14-10-3-1-4-8-7(3)9-5(10)2-6(11(4)15)12(8,9)13(16)17/h2*3-9H,1-2H2/t2*3-,4+,5+,6+,7-,8+,9-,12-/m00/s1. The number of ketones is 4. The summed E-state index contributed by atoms with van der Waals surface area (Å²) in [5.41, 5.74) is -2.03. The first-order valence-corrected chi connectivity index (χ1v) is 12.6. The molecule has 176 valence electrons. The average molecular weight is 466 g/mol. The molecule has 0 radical (unpaired) electrons. The molecule has 0 N–H and O–H groups in total. The lowest BCUT2D eigenvalue weighted by Gasteiger charge is -2.47. The van der Waals surface area contributed by atoms with Crippen LogP contribution in [0.1, 0.15) is 25.7 Å². The van der Waals surface area contributed by atoms with Crippen molar-refractivity contribution in [2.24, 2.45) is 82.9 Å². The molecule has 0 aromatic rings. The first-order valence-electron chi connectivity index (χ1n) is 12.6. The van der Waals surface area contributed by atoms with E-state index in [1.54, 1.807) is 0 Å². The van der Waals surface area contributed by atoms with E-state index in [2.05, 4.69) is 0 Å². The first kappa shape index (κ1) is 18.8. The van der Waals surface area contributed by atoms with Crippen molar-refractivity contribution in [2.45, 2.75) is 36.8 Å². The second-order valence-electron chi connectivity index (χ2n) is 12.8. The molecule has 0 spiro atoms. The van der Waals surface area contributed by atoms with Crippen LogP contribution in [0.3, 0.4) is 0 Å². The van der Waals surface area contributed by atoms with Gasteiger partial charge >= 0.3 is 0 Å². The van der Waals surface area contributed by atoms with Gasteiger partial charge in [0.05, 0.1) is 11.8 Å². The van der Waals surface area contributed by atoms with E-state index in [0.717, 1.165) is 0 Å². The Morgan fingerprint density at radius 3 is 1.18 bits per heavy atom. The summed E-state index contributed by atoms with van der Waals surface area (Å²) in [5.74, 6) is -0.896. The van der Waals surface area contributed by atoms with Gasteiger partial charge in [-0.05, 0) is 37.5 Å². The van der Waals surface area contributed by atoms with Gasteiger partial charge in [0, 0.05) is 69.0 Å². The fourth-order valence-corrected chi connectivity index (χ4v) is 12.8. The van der Waals surface area contributed by atoms with E-state index in [-0.39, 0.29) is 104 Å². The summed E-state index contributed by atoms with van der Waals surface area (Å²) in [4.78, 5) is 71.5. The van der Waals surface area contributed by atoms with Gasteiger partial charge < -0.3 is 0 Å². The van der Waals surface area contributed by atoms with Gasteiger partial charge in [0.2, 0.25) is 11.1 Å². The number of carbonyl (C=O) groups excluding carboxylic acids is 4. The lowest BCUT2D eigenvalue weighted by molar-refractivity contribution is -0.617. The molecule has 10 rings (SSSR count). The molecule has 0 heterocycles. The second kappa shape index (κ2) is 4.91. The molecule has 0 aromatic heterocycles. The molecule has 16 atom stereocenters. The van der Waals surface area contributed by atoms with Crippen molar-refractivity contribution in [1.82, 2.24) is 0 Å². The lowest BCUT2D eigenvalue weighted by atomic mass is 9.54. The molecule has 34 heavy (non-hydrogen) atoms. The summed E-state index contributed by atoms with van der Waals surface area (Å²) in [7, 11) is 0. The van der Waals surface area contributed by atoms with Gasteiger partial charge in [-0.1, -0.05) is 0 Å². The molecule has 0 unspecified atom stereocenters. The van der Waals surface area contributed by atoms with Crippen molar-refractivity contribution in [3.05, 3.63) is 20.2 Å². The highest BCUT2D eigenvalue weighted by Gasteiger charge is 2.94. The summed E-state index contributed by atoms with van der Waals surface area (Å²) < 4.78 is 0. The van der Waals surface area contributed by atoms with Crippen molar-refractivity contribution in [1.29, 1.82) is 0 Å². The van der Waals surface area contributed by atoms with Crippen LogP contribution in [0.15, 0.2) is 0 Å². The molecule has 10 nitrogen and oxygen atoms in total. The van der Waals surface area contributed by atoms with Crippen LogP contribution in [0.25, 0.3) is 0 Å². The van der Waals surface area contributed by atoms with Crippen molar-refractivity contribution < 1.29 is 29.0 Å². The zero-order valence-corrected chi connectivity index (χ0v) is 18.1. The molecule has 0 saturated heterocycles. The van der Waals surface area contributed by atoms with Crippen LogP contribution in [0, 0.1) is 103 Å².